The lowest BCUT2D eigenvalue weighted by Gasteiger charge is -2.53. The van der Waals surface area contributed by atoms with Gasteiger partial charge in [-0.05, 0) is 58.5 Å². The largest absolute Gasteiger partial charge is 0.458 e. The van der Waals surface area contributed by atoms with Gasteiger partial charge in [0.25, 0.3) is 0 Å². The van der Waals surface area contributed by atoms with Crippen LogP contribution in [-0.4, -0.2) is 41.1 Å². The molecule has 0 atom stereocenters. The molecule has 1 aromatic carbocycles. The number of ether oxygens (including phenoxy) is 2. The molecule has 1 aliphatic heterocycles. The van der Waals surface area contributed by atoms with Gasteiger partial charge in [0, 0.05) is 30.0 Å². The number of nitrogens with zero attached hydrogens (tertiary/aromatic N) is 2. The Morgan fingerprint density at radius 1 is 1.17 bits per heavy atom. The fraction of sp³-hybridized carbons (Fsp3) is 0.435. The zero-order chi connectivity index (χ0) is 21.8. The molecule has 1 aliphatic rings. The predicted molar refractivity (Wildman–Crippen MR) is 111 cm³/mol. The number of benzene rings is 1. The van der Waals surface area contributed by atoms with Crippen molar-refractivity contribution in [2.45, 2.75) is 57.7 Å². The molecule has 0 N–H and O–H groups in total. The highest BCUT2D eigenvalue weighted by molar-refractivity contribution is 5.98. The number of rotatable bonds is 5. The molecule has 0 aliphatic carbocycles. The average molecular weight is 396 g/mol. The van der Waals surface area contributed by atoms with E-state index in [9.17, 15) is 14.9 Å². The van der Waals surface area contributed by atoms with E-state index in [4.69, 9.17) is 9.47 Å². The first-order valence-electron chi connectivity index (χ1n) is 9.49. The molecule has 154 valence electrons. The summed E-state index contributed by atoms with van der Waals surface area (Å²) in [5, 5.41) is 9.43. The summed E-state index contributed by atoms with van der Waals surface area (Å²) in [4.78, 5) is 26.1. The maximum atomic E-state index is 12.6. The third kappa shape index (κ3) is 5.55. The zero-order valence-electron chi connectivity index (χ0n) is 17.7. The zero-order valence-corrected chi connectivity index (χ0v) is 17.7. The van der Waals surface area contributed by atoms with Gasteiger partial charge < -0.3 is 9.47 Å². The van der Waals surface area contributed by atoms with Gasteiger partial charge in [0.2, 0.25) is 0 Å². The quantitative estimate of drug-likeness (QED) is 0.325. The molecule has 0 aromatic heterocycles. The smallest absolute Gasteiger partial charge is 0.349 e. The van der Waals surface area contributed by atoms with Gasteiger partial charge in [0.15, 0.2) is 0 Å². The fourth-order valence-electron chi connectivity index (χ4n) is 3.67. The average Bonchev–Trinajstić information content (AvgIpc) is 2.64. The van der Waals surface area contributed by atoms with E-state index in [0.29, 0.717) is 24.2 Å². The Balaban J connectivity index is 2.11. The molecule has 0 radical (unpaired) electrons. The van der Waals surface area contributed by atoms with E-state index in [2.05, 4.69) is 46.2 Å². The monoisotopic (exact) mass is 396 g/mol. The number of carbonyl (C=O) groups excluding carboxylic acids is 2. The first kappa shape index (κ1) is 22.4. The molecule has 29 heavy (non-hydrogen) atoms. The molecule has 1 saturated heterocycles. The Hall–Kier alpha value is -2.91. The topological polar surface area (TPSA) is 79.6 Å². The molecule has 2 rings (SSSR count). The number of nitriles is 1. The summed E-state index contributed by atoms with van der Waals surface area (Å²) in [6, 6.07) is 8.38. The second-order valence-electron chi connectivity index (χ2n) is 8.48. The van der Waals surface area contributed by atoms with Crippen LogP contribution in [0.2, 0.25) is 0 Å². The lowest BCUT2D eigenvalue weighted by Crippen LogP contribution is -2.60. The molecular formula is C23H28N2O4. The van der Waals surface area contributed by atoms with E-state index in [-0.39, 0.29) is 22.8 Å². The van der Waals surface area contributed by atoms with Crippen molar-refractivity contribution in [3.8, 4) is 11.8 Å². The SMILES string of the molecule is C=CC(=O)Oc1ccc(C=C(C#N)C(=O)OC2CC(C)(C)N(C)C(C)(C)C2)cc1. The van der Waals surface area contributed by atoms with E-state index in [1.54, 1.807) is 24.3 Å². The van der Waals surface area contributed by atoms with Crippen LogP contribution in [0.1, 0.15) is 46.1 Å². The Labute approximate surface area is 172 Å². The maximum Gasteiger partial charge on any atom is 0.349 e. The Bertz CT molecular complexity index is 842. The lowest BCUT2D eigenvalue weighted by atomic mass is 9.79. The minimum atomic E-state index is -0.629. The highest BCUT2D eigenvalue weighted by atomic mass is 16.5. The molecule has 0 spiro atoms. The summed E-state index contributed by atoms with van der Waals surface area (Å²) in [5.41, 5.74) is 0.306. The van der Waals surface area contributed by atoms with Crippen molar-refractivity contribution in [2.75, 3.05) is 7.05 Å². The number of hydrogen-bond acceptors (Lipinski definition) is 6. The van der Waals surface area contributed by atoms with Gasteiger partial charge in [0.1, 0.15) is 23.5 Å². The van der Waals surface area contributed by atoms with Crippen molar-refractivity contribution < 1.29 is 19.1 Å². The first-order chi connectivity index (χ1) is 13.5. The van der Waals surface area contributed by atoms with E-state index in [1.165, 1.54) is 6.08 Å². The molecular weight excluding hydrogens is 368 g/mol. The third-order valence-electron chi connectivity index (χ3n) is 5.46. The van der Waals surface area contributed by atoms with Crippen molar-refractivity contribution in [3.05, 3.63) is 48.1 Å². The van der Waals surface area contributed by atoms with Crippen LogP contribution < -0.4 is 4.74 Å². The van der Waals surface area contributed by atoms with Crippen molar-refractivity contribution in [2.24, 2.45) is 0 Å². The lowest BCUT2D eigenvalue weighted by molar-refractivity contribution is -0.153. The molecule has 0 unspecified atom stereocenters. The van der Waals surface area contributed by atoms with Crippen LogP contribution in [0.4, 0.5) is 0 Å². The van der Waals surface area contributed by atoms with Gasteiger partial charge in [-0.25, -0.2) is 9.59 Å². The van der Waals surface area contributed by atoms with Crippen LogP contribution in [0.25, 0.3) is 6.08 Å². The van der Waals surface area contributed by atoms with Gasteiger partial charge >= 0.3 is 11.9 Å². The minimum absolute atomic E-state index is 0.0737. The molecule has 0 saturated carbocycles. The molecule has 1 aromatic rings. The van der Waals surface area contributed by atoms with Crippen LogP contribution in [0.15, 0.2) is 42.5 Å². The number of esters is 2. The molecule has 6 nitrogen and oxygen atoms in total. The van der Waals surface area contributed by atoms with Gasteiger partial charge in [-0.2, -0.15) is 5.26 Å². The Morgan fingerprint density at radius 2 is 1.72 bits per heavy atom. The molecule has 0 bridgehead atoms. The van der Waals surface area contributed by atoms with Crippen LogP contribution in [0.5, 0.6) is 5.75 Å². The van der Waals surface area contributed by atoms with E-state index < -0.39 is 11.9 Å². The summed E-state index contributed by atoms with van der Waals surface area (Å²) < 4.78 is 10.7. The summed E-state index contributed by atoms with van der Waals surface area (Å²) in [6.07, 6.45) is 3.67. The van der Waals surface area contributed by atoms with E-state index in [0.717, 1.165) is 6.08 Å². The number of likely N-dealkylation sites (tertiary alicyclic amines) is 1. The van der Waals surface area contributed by atoms with E-state index >= 15 is 0 Å². The molecule has 1 heterocycles. The Kier molecular flexibility index (Phi) is 6.66. The van der Waals surface area contributed by atoms with Gasteiger partial charge in [-0.3, -0.25) is 4.90 Å². The fourth-order valence-corrected chi connectivity index (χ4v) is 3.67. The summed E-state index contributed by atoms with van der Waals surface area (Å²) in [6.45, 7) is 11.8. The molecule has 1 fully saturated rings. The highest BCUT2D eigenvalue weighted by Gasteiger charge is 2.44. The second kappa shape index (κ2) is 8.62. The van der Waals surface area contributed by atoms with Gasteiger partial charge in [-0.15, -0.1) is 0 Å². The molecule has 6 heteroatoms. The van der Waals surface area contributed by atoms with Crippen molar-refractivity contribution in [1.82, 2.24) is 4.90 Å². The summed E-state index contributed by atoms with van der Waals surface area (Å²) in [5.74, 6) is -0.835. The van der Waals surface area contributed by atoms with Crippen molar-refractivity contribution in [1.29, 1.82) is 5.26 Å². The summed E-state index contributed by atoms with van der Waals surface area (Å²) >= 11 is 0. The highest BCUT2D eigenvalue weighted by Crippen LogP contribution is 2.38. The molecule has 0 amide bonds. The standard InChI is InChI=1S/C23H28N2O4/c1-7-20(26)28-18-10-8-16(9-11-18)12-17(15-24)21(27)29-19-13-22(2,3)25(6)23(4,5)14-19/h7-12,19H,1,13-14H2,2-6H3. The predicted octanol–water partition coefficient (Wildman–Crippen LogP) is 3.88. The number of hydrogen-bond donors (Lipinski definition) is 0. The normalized spacial score (nSPS) is 19.1. The van der Waals surface area contributed by atoms with Crippen LogP contribution in [0, 0.1) is 11.3 Å². The summed E-state index contributed by atoms with van der Waals surface area (Å²) in [7, 11) is 2.08. The van der Waals surface area contributed by atoms with Crippen LogP contribution in [0.3, 0.4) is 0 Å². The van der Waals surface area contributed by atoms with Crippen LogP contribution in [-0.2, 0) is 14.3 Å². The van der Waals surface area contributed by atoms with Crippen LogP contribution >= 0.6 is 0 Å². The Morgan fingerprint density at radius 3 is 2.21 bits per heavy atom. The van der Waals surface area contributed by atoms with Crippen molar-refractivity contribution in [3.63, 3.8) is 0 Å². The maximum absolute atomic E-state index is 12.6. The third-order valence-corrected chi connectivity index (χ3v) is 5.46. The van der Waals surface area contributed by atoms with Crippen molar-refractivity contribution >= 4 is 18.0 Å². The number of piperidine rings is 1. The van der Waals surface area contributed by atoms with E-state index in [1.807, 2.05) is 6.07 Å². The minimum Gasteiger partial charge on any atom is -0.458 e. The van der Waals surface area contributed by atoms with Gasteiger partial charge in [0.05, 0.1) is 0 Å². The van der Waals surface area contributed by atoms with Gasteiger partial charge in [-0.1, -0.05) is 18.7 Å². The number of carbonyl (C=O) groups is 2. The first-order valence-corrected chi connectivity index (χ1v) is 9.49. The second-order valence-corrected chi connectivity index (χ2v) is 8.48.